The molecule has 0 aliphatic heterocycles. The molecule has 0 aliphatic carbocycles. The lowest BCUT2D eigenvalue weighted by atomic mass is 10.1. The van der Waals surface area contributed by atoms with E-state index in [1.54, 1.807) is 11.8 Å². The molecule has 21 heavy (non-hydrogen) atoms. The molecule has 0 fully saturated rings. The van der Waals surface area contributed by atoms with Crippen molar-refractivity contribution in [1.29, 1.82) is 0 Å². The molecule has 0 amide bonds. The Morgan fingerprint density at radius 2 is 2.05 bits per heavy atom. The van der Waals surface area contributed by atoms with Gasteiger partial charge < -0.3 is 9.73 Å². The van der Waals surface area contributed by atoms with Gasteiger partial charge in [0.05, 0.1) is 0 Å². The van der Waals surface area contributed by atoms with Crippen LogP contribution in [0.25, 0.3) is 11.1 Å². The first-order chi connectivity index (χ1) is 10.3. The third-order valence-electron chi connectivity index (χ3n) is 3.25. The van der Waals surface area contributed by atoms with Crippen LogP contribution in [0.1, 0.15) is 18.1 Å². The fourth-order valence-corrected chi connectivity index (χ4v) is 3.06. The zero-order chi connectivity index (χ0) is 14.7. The number of rotatable bonds is 5. The minimum absolute atomic E-state index is 0.692. The van der Waals surface area contributed by atoms with Crippen LogP contribution >= 0.6 is 11.8 Å². The molecule has 0 unspecified atom stereocenters. The van der Waals surface area contributed by atoms with Crippen molar-refractivity contribution in [3.8, 4) is 0 Å². The summed E-state index contributed by atoms with van der Waals surface area (Å²) in [6, 6.07) is 14.3. The third kappa shape index (κ3) is 3.28. The minimum atomic E-state index is 0.692. The van der Waals surface area contributed by atoms with Crippen LogP contribution in [0.3, 0.4) is 0 Å². The molecule has 2 aromatic carbocycles. The van der Waals surface area contributed by atoms with Gasteiger partial charge >= 0.3 is 0 Å². The number of nitrogens with one attached hydrogen (secondary N) is 1. The Balaban J connectivity index is 1.89. The number of hydrogen-bond donors (Lipinski definition) is 1. The number of aryl methyl sites for hydroxylation is 1. The molecule has 0 spiro atoms. The van der Waals surface area contributed by atoms with Crippen molar-refractivity contribution < 1.29 is 4.42 Å². The number of oxazole rings is 1. The topological polar surface area (TPSA) is 38.1 Å². The smallest absolute Gasteiger partial charge is 0.261 e. The van der Waals surface area contributed by atoms with Crippen molar-refractivity contribution in [2.75, 3.05) is 6.54 Å². The molecule has 0 saturated carbocycles. The summed E-state index contributed by atoms with van der Waals surface area (Å²) in [6.07, 6.45) is 0. The standard InChI is InChI=1S/C17H18N2OS/c1-3-18-11-13-10-12(2)8-9-16(13)21-17-19-14-6-4-5-7-15(14)20-17/h4-10,18H,3,11H2,1-2H3. The van der Waals surface area contributed by atoms with Gasteiger partial charge in [0.1, 0.15) is 5.52 Å². The Labute approximate surface area is 128 Å². The predicted octanol–water partition coefficient (Wildman–Crippen LogP) is 4.40. The van der Waals surface area contributed by atoms with Crippen LogP contribution in [0.2, 0.25) is 0 Å². The van der Waals surface area contributed by atoms with Crippen LogP contribution in [0.4, 0.5) is 0 Å². The largest absolute Gasteiger partial charge is 0.431 e. The van der Waals surface area contributed by atoms with Crippen molar-refractivity contribution in [1.82, 2.24) is 10.3 Å². The van der Waals surface area contributed by atoms with Crippen LogP contribution < -0.4 is 5.32 Å². The molecule has 108 valence electrons. The van der Waals surface area contributed by atoms with Crippen LogP contribution in [0.15, 0.2) is 57.0 Å². The van der Waals surface area contributed by atoms with Crippen molar-refractivity contribution in [2.45, 2.75) is 30.5 Å². The fourth-order valence-electron chi connectivity index (χ4n) is 2.19. The zero-order valence-corrected chi connectivity index (χ0v) is 13.0. The lowest BCUT2D eigenvalue weighted by Gasteiger charge is -2.09. The molecule has 0 saturated heterocycles. The van der Waals surface area contributed by atoms with Gasteiger partial charge in [0, 0.05) is 11.4 Å². The molecular weight excluding hydrogens is 280 g/mol. The van der Waals surface area contributed by atoms with Gasteiger partial charge in [-0.2, -0.15) is 0 Å². The maximum absolute atomic E-state index is 5.79. The van der Waals surface area contributed by atoms with E-state index in [0.29, 0.717) is 5.22 Å². The predicted molar refractivity (Wildman–Crippen MR) is 86.7 cm³/mol. The van der Waals surface area contributed by atoms with Crippen LogP contribution in [0, 0.1) is 6.92 Å². The number of benzene rings is 2. The minimum Gasteiger partial charge on any atom is -0.431 e. The normalized spacial score (nSPS) is 11.1. The Kier molecular flexibility index (Phi) is 4.27. The van der Waals surface area contributed by atoms with Gasteiger partial charge in [-0.1, -0.05) is 36.8 Å². The van der Waals surface area contributed by atoms with Gasteiger partial charge in [-0.25, -0.2) is 4.98 Å². The van der Waals surface area contributed by atoms with E-state index in [9.17, 15) is 0 Å². The molecular formula is C17H18N2OS. The van der Waals surface area contributed by atoms with E-state index in [1.165, 1.54) is 16.0 Å². The van der Waals surface area contributed by atoms with E-state index in [0.717, 1.165) is 24.2 Å². The summed E-state index contributed by atoms with van der Waals surface area (Å²) in [5, 5.41) is 4.07. The first-order valence-corrected chi connectivity index (χ1v) is 7.91. The lowest BCUT2D eigenvalue weighted by molar-refractivity contribution is 0.489. The molecule has 3 nitrogen and oxygen atoms in total. The highest BCUT2D eigenvalue weighted by Gasteiger charge is 2.10. The molecule has 0 bridgehead atoms. The number of para-hydroxylation sites is 2. The Hall–Kier alpha value is -1.78. The monoisotopic (exact) mass is 298 g/mol. The Bertz CT molecular complexity index is 718. The van der Waals surface area contributed by atoms with Crippen LogP contribution in [-0.4, -0.2) is 11.5 Å². The van der Waals surface area contributed by atoms with E-state index in [4.69, 9.17) is 4.42 Å². The van der Waals surface area contributed by atoms with Gasteiger partial charge in [-0.05, 0) is 49.0 Å². The van der Waals surface area contributed by atoms with Crippen LogP contribution in [0.5, 0.6) is 0 Å². The Morgan fingerprint density at radius 3 is 2.86 bits per heavy atom. The second kappa shape index (κ2) is 6.33. The number of hydrogen-bond acceptors (Lipinski definition) is 4. The summed E-state index contributed by atoms with van der Waals surface area (Å²) in [6.45, 7) is 6.05. The number of nitrogens with zero attached hydrogens (tertiary/aromatic N) is 1. The summed E-state index contributed by atoms with van der Waals surface area (Å²) in [5.74, 6) is 0. The van der Waals surface area contributed by atoms with E-state index in [2.05, 4.69) is 42.3 Å². The van der Waals surface area contributed by atoms with E-state index in [-0.39, 0.29) is 0 Å². The van der Waals surface area contributed by atoms with Crippen LogP contribution in [-0.2, 0) is 6.54 Å². The summed E-state index contributed by atoms with van der Waals surface area (Å²) in [5.41, 5.74) is 4.29. The second-order valence-corrected chi connectivity index (χ2v) is 5.93. The Morgan fingerprint density at radius 1 is 1.19 bits per heavy atom. The SMILES string of the molecule is CCNCc1cc(C)ccc1Sc1nc2ccccc2o1. The molecule has 3 aromatic rings. The first kappa shape index (κ1) is 14.2. The van der Waals surface area contributed by atoms with Gasteiger partial charge in [-0.3, -0.25) is 0 Å². The molecule has 0 aliphatic rings. The average molecular weight is 298 g/mol. The van der Waals surface area contributed by atoms with E-state index >= 15 is 0 Å². The molecule has 1 aromatic heterocycles. The maximum atomic E-state index is 5.79. The van der Waals surface area contributed by atoms with Gasteiger partial charge in [0.25, 0.3) is 5.22 Å². The molecule has 3 rings (SSSR count). The molecule has 4 heteroatoms. The molecule has 1 N–H and O–H groups in total. The number of aromatic nitrogens is 1. The van der Waals surface area contributed by atoms with Crippen molar-refractivity contribution in [3.63, 3.8) is 0 Å². The quantitative estimate of drug-likeness (QED) is 0.758. The summed E-state index contributed by atoms with van der Waals surface area (Å²) in [7, 11) is 0. The summed E-state index contributed by atoms with van der Waals surface area (Å²) >= 11 is 1.58. The fraction of sp³-hybridized carbons (Fsp3) is 0.235. The molecule has 0 atom stereocenters. The average Bonchev–Trinajstić information content (AvgIpc) is 2.89. The van der Waals surface area contributed by atoms with Gasteiger partial charge in [0.2, 0.25) is 0 Å². The summed E-state index contributed by atoms with van der Waals surface area (Å²) < 4.78 is 5.79. The highest BCUT2D eigenvalue weighted by atomic mass is 32.2. The highest BCUT2D eigenvalue weighted by Crippen LogP contribution is 2.32. The van der Waals surface area contributed by atoms with Gasteiger partial charge in [-0.15, -0.1) is 0 Å². The van der Waals surface area contributed by atoms with Crippen molar-refractivity contribution in [3.05, 3.63) is 53.6 Å². The highest BCUT2D eigenvalue weighted by molar-refractivity contribution is 7.99. The number of fused-ring (bicyclic) bond motifs is 1. The maximum Gasteiger partial charge on any atom is 0.261 e. The first-order valence-electron chi connectivity index (χ1n) is 7.10. The molecule has 0 radical (unpaired) electrons. The van der Waals surface area contributed by atoms with E-state index < -0.39 is 0 Å². The van der Waals surface area contributed by atoms with E-state index in [1.807, 2.05) is 24.3 Å². The lowest BCUT2D eigenvalue weighted by Crippen LogP contribution is -2.12. The molecule has 1 heterocycles. The zero-order valence-electron chi connectivity index (χ0n) is 12.2. The van der Waals surface area contributed by atoms with Crippen molar-refractivity contribution >= 4 is 22.9 Å². The summed E-state index contributed by atoms with van der Waals surface area (Å²) in [4.78, 5) is 5.72. The second-order valence-electron chi connectivity index (χ2n) is 4.94. The third-order valence-corrected chi connectivity index (χ3v) is 4.22. The van der Waals surface area contributed by atoms with Gasteiger partial charge in [0.15, 0.2) is 5.58 Å². The van der Waals surface area contributed by atoms with Crippen molar-refractivity contribution in [2.24, 2.45) is 0 Å².